The van der Waals surface area contributed by atoms with Crippen LogP contribution in [0.15, 0.2) is 0 Å². The van der Waals surface area contributed by atoms with E-state index in [4.69, 9.17) is 30.2 Å². The van der Waals surface area contributed by atoms with Crippen molar-refractivity contribution in [1.82, 2.24) is 0 Å². The highest BCUT2D eigenvalue weighted by Gasteiger charge is 2.31. The van der Waals surface area contributed by atoms with Crippen LogP contribution in [0.5, 0.6) is 0 Å². The fourth-order valence-electron chi connectivity index (χ4n) is 0.782. The van der Waals surface area contributed by atoms with E-state index in [-0.39, 0.29) is 6.29 Å². The molecule has 4 atom stereocenters. The number of carbonyl (C=O) groups is 1. The molecule has 0 spiro atoms. The van der Waals surface area contributed by atoms with Crippen LogP contribution in [0.25, 0.3) is 0 Å². The monoisotopic (exact) mass is 260 g/mol. The van der Waals surface area contributed by atoms with Crippen LogP contribution in [0.2, 0.25) is 0 Å². The van der Waals surface area contributed by atoms with E-state index in [1.54, 1.807) is 0 Å². The number of hydrogen-bond donors (Lipinski definition) is 6. The van der Waals surface area contributed by atoms with Crippen molar-refractivity contribution in [3.05, 3.63) is 0 Å². The minimum absolute atomic E-state index is 0.0650. The maximum atomic E-state index is 10.2. The molecule has 0 bridgehead atoms. The fourth-order valence-corrected chi connectivity index (χ4v) is 1.13. The first-order valence-corrected chi connectivity index (χ1v) is 5.59. The maximum Gasteiger partial charge on any atom is 0.469 e. The first kappa shape index (κ1) is 15.6. The van der Waals surface area contributed by atoms with Gasteiger partial charge in [0.1, 0.15) is 24.4 Å². The first-order valence-electron chi connectivity index (χ1n) is 4.06. The standard InChI is InChI=1S/C6H13O9P/c7-1-3(8)5(10)6(11)4(9)2-15-16(12,13)14/h1,3-6,8-11H,2H2,(H2,12,13,14)/t3-,4+,5-,6-/m1/s1. The minimum atomic E-state index is -4.80. The number of aliphatic hydroxyl groups excluding tert-OH is 4. The summed E-state index contributed by atoms with van der Waals surface area (Å²) in [6, 6.07) is 0. The lowest BCUT2D eigenvalue weighted by Crippen LogP contribution is -2.46. The Morgan fingerprint density at radius 2 is 1.62 bits per heavy atom. The van der Waals surface area contributed by atoms with Gasteiger partial charge in [-0.2, -0.15) is 0 Å². The molecule has 96 valence electrons. The van der Waals surface area contributed by atoms with Crippen LogP contribution in [0.3, 0.4) is 0 Å². The Kier molecular flexibility index (Phi) is 6.23. The summed E-state index contributed by atoms with van der Waals surface area (Å²) in [6.45, 7) is -0.964. The van der Waals surface area contributed by atoms with Crippen LogP contribution in [0, 0.1) is 0 Å². The summed E-state index contributed by atoms with van der Waals surface area (Å²) in [5, 5.41) is 36.1. The maximum absolute atomic E-state index is 10.2. The molecule has 0 aromatic heterocycles. The predicted molar refractivity (Wildman–Crippen MR) is 48.1 cm³/mol. The lowest BCUT2D eigenvalue weighted by molar-refractivity contribution is -0.136. The van der Waals surface area contributed by atoms with Gasteiger partial charge in [-0.05, 0) is 0 Å². The van der Waals surface area contributed by atoms with E-state index in [2.05, 4.69) is 4.52 Å². The van der Waals surface area contributed by atoms with Gasteiger partial charge in [0.25, 0.3) is 0 Å². The van der Waals surface area contributed by atoms with E-state index < -0.39 is 38.8 Å². The van der Waals surface area contributed by atoms with Crippen LogP contribution in [-0.4, -0.2) is 67.5 Å². The second-order valence-corrected chi connectivity index (χ2v) is 4.20. The van der Waals surface area contributed by atoms with Crippen LogP contribution in [0.4, 0.5) is 0 Å². The van der Waals surface area contributed by atoms with Crippen LogP contribution >= 0.6 is 7.82 Å². The lowest BCUT2D eigenvalue weighted by atomic mass is 10.0. The number of phosphoric acid groups is 1. The Morgan fingerprint density at radius 1 is 1.12 bits per heavy atom. The summed E-state index contributed by atoms with van der Waals surface area (Å²) >= 11 is 0. The van der Waals surface area contributed by atoms with Crippen molar-refractivity contribution < 1.29 is 44.1 Å². The molecule has 0 aliphatic rings. The Bertz CT molecular complexity index is 263. The summed E-state index contributed by atoms with van der Waals surface area (Å²) in [5.74, 6) is 0. The molecule has 10 heteroatoms. The lowest BCUT2D eigenvalue weighted by Gasteiger charge is -2.23. The molecule has 6 N–H and O–H groups in total. The summed E-state index contributed by atoms with van der Waals surface area (Å²) in [4.78, 5) is 26.6. The first-order chi connectivity index (χ1) is 7.19. The average Bonchev–Trinajstić information content (AvgIpc) is 2.21. The Hall–Kier alpha value is -0.380. The summed E-state index contributed by atoms with van der Waals surface area (Å²) in [6.07, 6.45) is -7.80. The topological polar surface area (TPSA) is 165 Å². The number of rotatable bonds is 7. The molecular weight excluding hydrogens is 247 g/mol. The Morgan fingerprint density at radius 3 is 2.00 bits per heavy atom. The van der Waals surface area contributed by atoms with Crippen molar-refractivity contribution in [3.63, 3.8) is 0 Å². The van der Waals surface area contributed by atoms with E-state index in [1.807, 2.05) is 0 Å². The van der Waals surface area contributed by atoms with E-state index in [1.165, 1.54) is 0 Å². The van der Waals surface area contributed by atoms with Crippen molar-refractivity contribution in [3.8, 4) is 0 Å². The number of aldehydes is 1. The van der Waals surface area contributed by atoms with Crippen molar-refractivity contribution in [2.75, 3.05) is 6.61 Å². The Balaban J connectivity index is 4.22. The zero-order chi connectivity index (χ0) is 12.9. The van der Waals surface area contributed by atoms with Crippen LogP contribution < -0.4 is 0 Å². The summed E-state index contributed by atoms with van der Waals surface area (Å²) < 4.78 is 14.1. The molecule has 0 rings (SSSR count). The highest BCUT2D eigenvalue weighted by Crippen LogP contribution is 2.35. The molecule has 0 amide bonds. The molecule has 0 radical (unpaired) electrons. The minimum Gasteiger partial charge on any atom is -0.388 e. The highest BCUT2D eigenvalue weighted by atomic mass is 31.2. The van der Waals surface area contributed by atoms with Gasteiger partial charge in [0.15, 0.2) is 6.29 Å². The molecule has 9 nitrogen and oxygen atoms in total. The molecule has 0 aromatic carbocycles. The van der Waals surface area contributed by atoms with Gasteiger partial charge in [-0.3, -0.25) is 4.52 Å². The van der Waals surface area contributed by atoms with Gasteiger partial charge in [-0.15, -0.1) is 0 Å². The number of aliphatic hydroxyl groups is 4. The normalized spacial score (nSPS) is 19.9. The van der Waals surface area contributed by atoms with Gasteiger partial charge in [-0.25, -0.2) is 4.57 Å². The van der Waals surface area contributed by atoms with E-state index in [9.17, 15) is 9.36 Å². The molecule has 16 heavy (non-hydrogen) atoms. The molecule has 0 unspecified atom stereocenters. The zero-order valence-corrected chi connectivity index (χ0v) is 8.84. The molecule has 0 saturated heterocycles. The summed E-state index contributed by atoms with van der Waals surface area (Å²) in [7, 11) is -4.80. The molecule has 0 aliphatic carbocycles. The van der Waals surface area contributed by atoms with Gasteiger partial charge in [-0.1, -0.05) is 0 Å². The predicted octanol–water partition coefficient (Wildman–Crippen LogP) is -3.26. The average molecular weight is 260 g/mol. The molecule has 0 aromatic rings. The van der Waals surface area contributed by atoms with Gasteiger partial charge >= 0.3 is 7.82 Å². The van der Waals surface area contributed by atoms with Crippen molar-refractivity contribution in [1.29, 1.82) is 0 Å². The third kappa shape index (κ3) is 5.64. The molecular formula is C6H13O9P. The van der Waals surface area contributed by atoms with Gasteiger partial charge in [0, 0.05) is 0 Å². The van der Waals surface area contributed by atoms with Crippen molar-refractivity contribution >= 4 is 14.1 Å². The van der Waals surface area contributed by atoms with Gasteiger partial charge in [0.05, 0.1) is 6.61 Å². The third-order valence-corrected chi connectivity index (χ3v) is 2.13. The Labute approximate surface area is 90.2 Å². The highest BCUT2D eigenvalue weighted by molar-refractivity contribution is 7.46. The second kappa shape index (κ2) is 6.38. The van der Waals surface area contributed by atoms with Gasteiger partial charge < -0.3 is 35.0 Å². The van der Waals surface area contributed by atoms with Crippen molar-refractivity contribution in [2.45, 2.75) is 24.4 Å². The van der Waals surface area contributed by atoms with E-state index >= 15 is 0 Å². The third-order valence-electron chi connectivity index (χ3n) is 1.65. The smallest absolute Gasteiger partial charge is 0.388 e. The molecule has 0 heterocycles. The zero-order valence-electron chi connectivity index (χ0n) is 7.95. The van der Waals surface area contributed by atoms with Crippen LogP contribution in [-0.2, 0) is 13.9 Å². The summed E-state index contributed by atoms with van der Waals surface area (Å²) in [5.41, 5.74) is 0. The second-order valence-electron chi connectivity index (χ2n) is 2.96. The number of phosphoric ester groups is 1. The molecule has 0 saturated carbocycles. The van der Waals surface area contributed by atoms with E-state index in [0.29, 0.717) is 0 Å². The van der Waals surface area contributed by atoms with Crippen molar-refractivity contribution in [2.24, 2.45) is 0 Å². The van der Waals surface area contributed by atoms with Crippen LogP contribution in [0.1, 0.15) is 0 Å². The quantitative estimate of drug-likeness (QED) is 0.203. The molecule has 0 fully saturated rings. The molecule has 0 aliphatic heterocycles. The van der Waals surface area contributed by atoms with Gasteiger partial charge in [0.2, 0.25) is 0 Å². The fraction of sp³-hybridized carbons (Fsp3) is 0.833. The number of hydrogen-bond acceptors (Lipinski definition) is 7. The number of carbonyl (C=O) groups excluding carboxylic acids is 1. The SMILES string of the molecule is O=C[C@@H](O)[C@@H](O)[C@H](O)[C@@H](O)COP(=O)(O)O. The van der Waals surface area contributed by atoms with E-state index in [0.717, 1.165) is 0 Å². The largest absolute Gasteiger partial charge is 0.469 e.